The molecule has 0 aliphatic carbocycles. The van der Waals surface area contributed by atoms with Gasteiger partial charge in [0.1, 0.15) is 5.00 Å². The van der Waals surface area contributed by atoms with Crippen LogP contribution in [-0.2, 0) is 34.3 Å². The highest BCUT2D eigenvalue weighted by Crippen LogP contribution is 2.39. The summed E-state index contributed by atoms with van der Waals surface area (Å²) in [5.41, 5.74) is 3.17. The lowest BCUT2D eigenvalue weighted by atomic mass is 10.0. The van der Waals surface area contributed by atoms with E-state index in [1.807, 2.05) is 18.2 Å². The lowest BCUT2D eigenvalue weighted by molar-refractivity contribution is 0.0302. The third-order valence-electron chi connectivity index (χ3n) is 8.50. The Kier molecular flexibility index (Phi) is 8.97. The molecule has 1 aromatic heterocycles. The lowest BCUT2D eigenvalue weighted by Crippen LogP contribution is -2.41. The Morgan fingerprint density at radius 3 is 2.47 bits per heavy atom. The Bertz CT molecular complexity index is 1570. The number of hydrogen-bond acceptors (Lipinski definition) is 7. The van der Waals surface area contributed by atoms with Crippen LogP contribution in [0, 0.1) is 5.92 Å². The molecule has 6 rings (SSSR count). The van der Waals surface area contributed by atoms with E-state index in [0.717, 1.165) is 42.8 Å². The van der Waals surface area contributed by atoms with E-state index in [1.54, 1.807) is 17.0 Å². The van der Waals surface area contributed by atoms with E-state index < -0.39 is 10.0 Å². The van der Waals surface area contributed by atoms with Crippen LogP contribution in [0.3, 0.4) is 0 Å². The average molecular weight is 623 g/mol. The summed E-state index contributed by atoms with van der Waals surface area (Å²) in [7, 11) is -3.62. The molecule has 1 unspecified atom stereocenters. The summed E-state index contributed by atoms with van der Waals surface area (Å²) < 4.78 is 33.4. The number of rotatable bonds is 7. The first-order chi connectivity index (χ1) is 20.8. The molecule has 2 amide bonds. The second-order valence-electron chi connectivity index (χ2n) is 11.6. The van der Waals surface area contributed by atoms with Gasteiger partial charge in [0.15, 0.2) is 0 Å². The van der Waals surface area contributed by atoms with Gasteiger partial charge in [-0.3, -0.25) is 14.5 Å². The number of fused-ring (bicyclic) bond motifs is 1. The number of benzene rings is 2. The number of carbonyl (C=O) groups excluding carboxylic acids is 2. The van der Waals surface area contributed by atoms with E-state index in [1.165, 1.54) is 33.3 Å². The highest BCUT2D eigenvalue weighted by atomic mass is 32.2. The second-order valence-corrected chi connectivity index (χ2v) is 14.7. The van der Waals surface area contributed by atoms with Gasteiger partial charge in [0.05, 0.1) is 23.7 Å². The Morgan fingerprint density at radius 2 is 1.74 bits per heavy atom. The van der Waals surface area contributed by atoms with Crippen LogP contribution in [0.4, 0.5) is 5.00 Å². The molecule has 43 heavy (non-hydrogen) atoms. The van der Waals surface area contributed by atoms with E-state index in [4.69, 9.17) is 4.74 Å². The van der Waals surface area contributed by atoms with Crippen molar-refractivity contribution < 1.29 is 22.7 Å². The maximum atomic E-state index is 13.8. The van der Waals surface area contributed by atoms with Crippen molar-refractivity contribution in [2.75, 3.05) is 51.3 Å². The summed E-state index contributed by atoms with van der Waals surface area (Å²) in [6, 6.07) is 16.4. The Morgan fingerprint density at radius 1 is 1.00 bits per heavy atom. The monoisotopic (exact) mass is 622 g/mol. The number of amides is 2. The first kappa shape index (κ1) is 30.0. The number of carbonyl (C=O) groups is 2. The fourth-order valence-corrected chi connectivity index (χ4v) is 9.01. The topological polar surface area (TPSA) is 99.3 Å². The maximum absolute atomic E-state index is 13.8. The van der Waals surface area contributed by atoms with E-state index in [0.29, 0.717) is 68.0 Å². The van der Waals surface area contributed by atoms with Gasteiger partial charge in [-0.2, -0.15) is 4.31 Å². The summed E-state index contributed by atoms with van der Waals surface area (Å²) in [4.78, 5) is 32.7. The standard InChI is InChI=1S/C32H38N4O5S2/c1-23-6-5-14-36(20-23)43(39,40)26-11-9-25(10-12-26)30(37)33-31-29(32(38)35-16-18-41-19-17-35)27-13-15-34(22-28(27)42-31)21-24-7-3-2-4-8-24/h2-4,7-12,23H,5-6,13-22H2,1H3,(H,33,37). The molecule has 0 bridgehead atoms. The quantitative estimate of drug-likeness (QED) is 0.418. The summed E-state index contributed by atoms with van der Waals surface area (Å²) in [6.45, 7) is 7.46. The molecule has 3 aromatic rings. The Labute approximate surface area is 257 Å². The zero-order valence-corrected chi connectivity index (χ0v) is 26.1. The number of anilines is 1. The molecule has 0 saturated carbocycles. The summed E-state index contributed by atoms with van der Waals surface area (Å²) in [5, 5.41) is 3.57. The van der Waals surface area contributed by atoms with Crippen molar-refractivity contribution in [2.45, 2.75) is 44.2 Å². The number of sulfonamides is 1. The molecular weight excluding hydrogens is 585 g/mol. The van der Waals surface area contributed by atoms with Gasteiger partial charge < -0.3 is 15.0 Å². The minimum absolute atomic E-state index is 0.0789. The van der Waals surface area contributed by atoms with Gasteiger partial charge in [-0.15, -0.1) is 11.3 Å². The van der Waals surface area contributed by atoms with Crippen molar-refractivity contribution >= 4 is 38.2 Å². The summed E-state index contributed by atoms with van der Waals surface area (Å²) in [6.07, 6.45) is 2.60. The molecule has 2 aromatic carbocycles. The van der Waals surface area contributed by atoms with Crippen molar-refractivity contribution in [1.29, 1.82) is 0 Å². The highest BCUT2D eigenvalue weighted by Gasteiger charge is 2.32. The number of ether oxygens (including phenoxy) is 1. The van der Waals surface area contributed by atoms with E-state index in [2.05, 4.69) is 29.3 Å². The van der Waals surface area contributed by atoms with Gasteiger partial charge in [0.25, 0.3) is 11.8 Å². The third kappa shape index (κ3) is 6.56. The van der Waals surface area contributed by atoms with Crippen LogP contribution in [0.25, 0.3) is 0 Å². The van der Waals surface area contributed by atoms with Crippen LogP contribution in [0.5, 0.6) is 0 Å². The third-order valence-corrected chi connectivity index (χ3v) is 11.5. The molecule has 4 heterocycles. The normalized spacial score (nSPS) is 20.0. The number of hydrogen-bond donors (Lipinski definition) is 1. The van der Waals surface area contributed by atoms with Gasteiger partial charge >= 0.3 is 0 Å². The zero-order valence-electron chi connectivity index (χ0n) is 24.5. The van der Waals surface area contributed by atoms with Crippen LogP contribution < -0.4 is 5.32 Å². The molecule has 11 heteroatoms. The molecule has 3 aliphatic heterocycles. The van der Waals surface area contributed by atoms with Crippen molar-refractivity contribution in [2.24, 2.45) is 5.92 Å². The van der Waals surface area contributed by atoms with Crippen molar-refractivity contribution in [3.8, 4) is 0 Å². The predicted molar refractivity (Wildman–Crippen MR) is 167 cm³/mol. The van der Waals surface area contributed by atoms with Gasteiger partial charge in [-0.05, 0) is 60.6 Å². The molecular formula is C32H38N4O5S2. The number of morpholine rings is 1. The maximum Gasteiger partial charge on any atom is 0.257 e. The van der Waals surface area contributed by atoms with Crippen molar-refractivity contribution in [1.82, 2.24) is 14.1 Å². The number of piperidine rings is 1. The second kappa shape index (κ2) is 12.9. The van der Waals surface area contributed by atoms with E-state index >= 15 is 0 Å². The number of nitrogens with zero attached hydrogens (tertiary/aromatic N) is 3. The van der Waals surface area contributed by atoms with Crippen LogP contribution in [-0.4, -0.2) is 80.3 Å². The molecule has 2 saturated heterocycles. The van der Waals surface area contributed by atoms with E-state index in [-0.39, 0.29) is 16.7 Å². The van der Waals surface area contributed by atoms with Crippen molar-refractivity contribution in [3.63, 3.8) is 0 Å². The predicted octanol–water partition coefficient (Wildman–Crippen LogP) is 4.45. The fourth-order valence-electron chi connectivity index (χ4n) is 6.14. The molecule has 228 valence electrons. The smallest absolute Gasteiger partial charge is 0.257 e. The van der Waals surface area contributed by atoms with Gasteiger partial charge in [0.2, 0.25) is 10.0 Å². The van der Waals surface area contributed by atoms with Gasteiger partial charge in [-0.25, -0.2) is 8.42 Å². The minimum Gasteiger partial charge on any atom is -0.378 e. The SMILES string of the molecule is CC1CCCN(S(=O)(=O)c2ccc(C(=O)Nc3sc4c(c3C(=O)N3CCOCC3)CCN(Cc3ccccc3)C4)cc2)C1. The van der Waals surface area contributed by atoms with Crippen LogP contribution in [0.1, 0.15) is 56.5 Å². The Balaban J connectivity index is 1.23. The molecule has 0 spiro atoms. The minimum atomic E-state index is -3.62. The zero-order chi connectivity index (χ0) is 30.0. The van der Waals surface area contributed by atoms with Gasteiger partial charge in [0, 0.05) is 56.3 Å². The molecule has 1 atom stereocenters. The molecule has 3 aliphatic rings. The van der Waals surface area contributed by atoms with Crippen LogP contribution in [0.15, 0.2) is 59.5 Å². The summed E-state index contributed by atoms with van der Waals surface area (Å²) in [5.74, 6) is -0.124. The average Bonchev–Trinajstić information content (AvgIpc) is 3.38. The van der Waals surface area contributed by atoms with Gasteiger partial charge in [-0.1, -0.05) is 37.3 Å². The van der Waals surface area contributed by atoms with E-state index in [9.17, 15) is 18.0 Å². The fraction of sp³-hybridized carbons (Fsp3) is 0.438. The Hall–Kier alpha value is -3.09. The van der Waals surface area contributed by atoms with Crippen LogP contribution in [0.2, 0.25) is 0 Å². The highest BCUT2D eigenvalue weighted by molar-refractivity contribution is 7.89. The van der Waals surface area contributed by atoms with Crippen LogP contribution >= 0.6 is 11.3 Å². The molecule has 2 fully saturated rings. The van der Waals surface area contributed by atoms with Crippen molar-refractivity contribution in [3.05, 3.63) is 81.7 Å². The largest absolute Gasteiger partial charge is 0.378 e. The first-order valence-corrected chi connectivity index (χ1v) is 17.2. The number of nitrogens with one attached hydrogen (secondary N) is 1. The summed E-state index contributed by atoms with van der Waals surface area (Å²) >= 11 is 1.46. The number of thiophene rings is 1. The molecule has 0 radical (unpaired) electrons. The molecule has 1 N–H and O–H groups in total. The first-order valence-electron chi connectivity index (χ1n) is 15.0. The lowest BCUT2D eigenvalue weighted by Gasteiger charge is -2.30. The molecule has 9 nitrogen and oxygen atoms in total.